The molecule has 3 unspecified atom stereocenters. The lowest BCUT2D eigenvalue weighted by molar-refractivity contribution is -0.152. The Labute approximate surface area is 298 Å². The SMILES string of the molecule is CCCCCC(CCCCC)CCOC(=O)CCCCCCCN(CCCCO)CCCCCCCC(=O)OC(C)C1CCCC(C)C1. The molecule has 0 aliphatic heterocycles. The Hall–Kier alpha value is -1.14. The second-order valence-corrected chi connectivity index (χ2v) is 15.4. The lowest BCUT2D eigenvalue weighted by Crippen LogP contribution is -2.28. The van der Waals surface area contributed by atoms with E-state index < -0.39 is 0 Å². The number of unbranched alkanes of at least 4 members (excludes halogenated alkanes) is 13. The largest absolute Gasteiger partial charge is 0.466 e. The van der Waals surface area contributed by atoms with Crippen molar-refractivity contribution in [3.05, 3.63) is 0 Å². The van der Waals surface area contributed by atoms with Crippen LogP contribution in [0.25, 0.3) is 0 Å². The zero-order valence-electron chi connectivity index (χ0n) is 32.5. The molecule has 0 saturated heterocycles. The monoisotopic (exact) mass is 680 g/mol. The summed E-state index contributed by atoms with van der Waals surface area (Å²) in [7, 11) is 0. The van der Waals surface area contributed by atoms with Crippen LogP contribution in [-0.4, -0.2) is 60.9 Å². The van der Waals surface area contributed by atoms with Gasteiger partial charge in [-0.25, -0.2) is 0 Å². The molecule has 0 aromatic heterocycles. The number of rotatable bonds is 33. The summed E-state index contributed by atoms with van der Waals surface area (Å²) >= 11 is 0. The van der Waals surface area contributed by atoms with E-state index in [4.69, 9.17) is 9.47 Å². The van der Waals surface area contributed by atoms with E-state index in [2.05, 4.69) is 32.6 Å². The summed E-state index contributed by atoms with van der Waals surface area (Å²) in [4.78, 5) is 27.2. The van der Waals surface area contributed by atoms with Gasteiger partial charge in [0.05, 0.1) is 6.61 Å². The molecular formula is C42H81NO5. The normalized spacial score (nSPS) is 17.2. The van der Waals surface area contributed by atoms with Crippen molar-refractivity contribution >= 4 is 11.9 Å². The first-order valence-electron chi connectivity index (χ1n) is 21.1. The summed E-state index contributed by atoms with van der Waals surface area (Å²) in [6, 6.07) is 0. The molecule has 284 valence electrons. The summed E-state index contributed by atoms with van der Waals surface area (Å²) < 4.78 is 11.4. The van der Waals surface area contributed by atoms with Crippen molar-refractivity contribution in [2.75, 3.05) is 32.8 Å². The van der Waals surface area contributed by atoms with Crippen LogP contribution in [0.5, 0.6) is 0 Å². The van der Waals surface area contributed by atoms with Crippen LogP contribution < -0.4 is 0 Å². The summed E-state index contributed by atoms with van der Waals surface area (Å²) in [5.41, 5.74) is 0. The van der Waals surface area contributed by atoms with E-state index >= 15 is 0 Å². The van der Waals surface area contributed by atoms with Crippen molar-refractivity contribution in [1.29, 1.82) is 0 Å². The number of aliphatic hydroxyl groups excluding tert-OH is 1. The van der Waals surface area contributed by atoms with E-state index in [1.54, 1.807) is 0 Å². The number of carbonyl (C=O) groups excluding carboxylic acids is 2. The van der Waals surface area contributed by atoms with E-state index in [1.165, 1.54) is 116 Å². The van der Waals surface area contributed by atoms with Crippen LogP contribution in [0.4, 0.5) is 0 Å². The molecule has 1 rings (SSSR count). The highest BCUT2D eigenvalue weighted by molar-refractivity contribution is 5.69. The zero-order valence-corrected chi connectivity index (χ0v) is 32.5. The molecule has 0 spiro atoms. The molecule has 1 saturated carbocycles. The number of aliphatic hydroxyl groups is 1. The van der Waals surface area contributed by atoms with E-state index in [9.17, 15) is 14.7 Å². The van der Waals surface area contributed by atoms with Crippen molar-refractivity contribution in [1.82, 2.24) is 4.90 Å². The van der Waals surface area contributed by atoms with Crippen molar-refractivity contribution in [3.63, 3.8) is 0 Å². The van der Waals surface area contributed by atoms with Crippen molar-refractivity contribution in [2.24, 2.45) is 17.8 Å². The summed E-state index contributed by atoms with van der Waals surface area (Å²) in [5, 5.41) is 9.24. The van der Waals surface area contributed by atoms with Crippen LogP contribution >= 0.6 is 0 Å². The average Bonchev–Trinajstić information content (AvgIpc) is 3.07. The van der Waals surface area contributed by atoms with Gasteiger partial charge in [-0.2, -0.15) is 0 Å². The fourth-order valence-corrected chi connectivity index (χ4v) is 7.53. The fourth-order valence-electron chi connectivity index (χ4n) is 7.53. The average molecular weight is 680 g/mol. The summed E-state index contributed by atoms with van der Waals surface area (Å²) in [6.45, 7) is 13.1. The molecule has 48 heavy (non-hydrogen) atoms. The molecule has 1 N–H and O–H groups in total. The molecule has 1 aliphatic rings. The molecule has 0 aromatic carbocycles. The topological polar surface area (TPSA) is 76.1 Å². The Bertz CT molecular complexity index is 736. The fraction of sp³-hybridized carbons (Fsp3) is 0.952. The molecule has 0 amide bonds. The number of hydrogen-bond acceptors (Lipinski definition) is 6. The van der Waals surface area contributed by atoms with Gasteiger partial charge < -0.3 is 19.5 Å². The standard InChI is InChI=1S/C42H81NO5/c1-5-7-15-25-39(26-16-8-6-2)30-35-47-41(45)28-17-11-9-13-19-31-43(33-21-22-34-44)32-20-14-10-12-18-29-42(46)48-38(4)40-27-23-24-37(3)36-40/h37-40,44H,5-36H2,1-4H3. The summed E-state index contributed by atoms with van der Waals surface area (Å²) in [6.07, 6.45) is 30.7. The molecule has 0 bridgehead atoms. The highest BCUT2D eigenvalue weighted by Crippen LogP contribution is 2.32. The van der Waals surface area contributed by atoms with Gasteiger partial charge in [-0.15, -0.1) is 0 Å². The Kier molecular flexibility index (Phi) is 29.7. The van der Waals surface area contributed by atoms with Crippen molar-refractivity contribution in [2.45, 2.75) is 207 Å². The van der Waals surface area contributed by atoms with Gasteiger partial charge in [0.25, 0.3) is 0 Å². The highest BCUT2D eigenvalue weighted by atomic mass is 16.5. The van der Waals surface area contributed by atoms with Gasteiger partial charge >= 0.3 is 11.9 Å². The Morgan fingerprint density at radius 1 is 0.688 bits per heavy atom. The number of nitrogens with zero attached hydrogens (tertiary/aromatic N) is 1. The van der Waals surface area contributed by atoms with E-state index in [1.807, 2.05) is 0 Å². The van der Waals surface area contributed by atoms with Gasteiger partial charge in [0.1, 0.15) is 6.10 Å². The maximum Gasteiger partial charge on any atom is 0.306 e. The molecule has 0 radical (unpaired) electrons. The minimum absolute atomic E-state index is 0.00889. The van der Waals surface area contributed by atoms with Gasteiger partial charge in [-0.3, -0.25) is 9.59 Å². The second-order valence-electron chi connectivity index (χ2n) is 15.4. The Morgan fingerprint density at radius 3 is 1.79 bits per heavy atom. The first-order valence-corrected chi connectivity index (χ1v) is 21.1. The van der Waals surface area contributed by atoms with E-state index in [0.29, 0.717) is 31.3 Å². The van der Waals surface area contributed by atoms with Gasteiger partial charge in [-0.1, -0.05) is 124 Å². The zero-order chi connectivity index (χ0) is 35.1. The van der Waals surface area contributed by atoms with Crippen LogP contribution in [0.1, 0.15) is 201 Å². The van der Waals surface area contributed by atoms with Gasteiger partial charge in [0.2, 0.25) is 0 Å². The molecule has 1 fully saturated rings. The van der Waals surface area contributed by atoms with Gasteiger partial charge in [0.15, 0.2) is 0 Å². The lowest BCUT2D eigenvalue weighted by Gasteiger charge is -2.30. The third kappa shape index (κ3) is 25.8. The Morgan fingerprint density at radius 2 is 1.23 bits per heavy atom. The van der Waals surface area contributed by atoms with E-state index in [-0.39, 0.29) is 24.6 Å². The van der Waals surface area contributed by atoms with Crippen LogP contribution in [0, 0.1) is 17.8 Å². The molecule has 3 atom stereocenters. The van der Waals surface area contributed by atoms with E-state index in [0.717, 1.165) is 70.5 Å². The number of carbonyl (C=O) groups is 2. The predicted octanol–water partition coefficient (Wildman–Crippen LogP) is 11.2. The molecule has 0 aromatic rings. The van der Waals surface area contributed by atoms with Crippen molar-refractivity contribution < 1.29 is 24.2 Å². The molecule has 6 heteroatoms. The third-order valence-electron chi connectivity index (χ3n) is 10.8. The van der Waals surface area contributed by atoms with Gasteiger partial charge in [-0.05, 0) is 102 Å². The third-order valence-corrected chi connectivity index (χ3v) is 10.8. The predicted molar refractivity (Wildman–Crippen MR) is 202 cm³/mol. The highest BCUT2D eigenvalue weighted by Gasteiger charge is 2.26. The molecule has 0 heterocycles. The first kappa shape index (κ1) is 44.9. The summed E-state index contributed by atoms with van der Waals surface area (Å²) in [5.74, 6) is 2.00. The van der Waals surface area contributed by atoms with Crippen molar-refractivity contribution in [3.8, 4) is 0 Å². The second kappa shape index (κ2) is 31.8. The van der Waals surface area contributed by atoms with Crippen LogP contribution in [0.2, 0.25) is 0 Å². The molecular weight excluding hydrogens is 598 g/mol. The maximum absolute atomic E-state index is 12.4. The maximum atomic E-state index is 12.4. The smallest absolute Gasteiger partial charge is 0.306 e. The Balaban J connectivity index is 2.11. The van der Waals surface area contributed by atoms with Crippen LogP contribution in [-0.2, 0) is 19.1 Å². The van der Waals surface area contributed by atoms with Crippen LogP contribution in [0.3, 0.4) is 0 Å². The first-order chi connectivity index (χ1) is 23.4. The lowest BCUT2D eigenvalue weighted by atomic mass is 9.80. The quantitative estimate of drug-likeness (QED) is 0.0549. The van der Waals surface area contributed by atoms with Crippen LogP contribution in [0.15, 0.2) is 0 Å². The van der Waals surface area contributed by atoms with Gasteiger partial charge in [0, 0.05) is 19.4 Å². The number of ether oxygens (including phenoxy) is 2. The number of hydrogen-bond donors (Lipinski definition) is 1. The number of esters is 2. The minimum atomic E-state index is -0.00944. The molecule has 1 aliphatic carbocycles. The minimum Gasteiger partial charge on any atom is -0.466 e. The molecule has 6 nitrogen and oxygen atoms in total.